The van der Waals surface area contributed by atoms with Gasteiger partial charge in [-0.1, -0.05) is 116 Å². The van der Waals surface area contributed by atoms with Crippen molar-refractivity contribution in [2.75, 3.05) is 0 Å². The van der Waals surface area contributed by atoms with E-state index in [0.717, 1.165) is 12.8 Å². The van der Waals surface area contributed by atoms with Gasteiger partial charge in [-0.05, 0) is 6.08 Å². The van der Waals surface area contributed by atoms with E-state index in [1.807, 2.05) is 0 Å². The number of amides is 1. The van der Waals surface area contributed by atoms with Crippen molar-refractivity contribution in [3.8, 4) is 0 Å². The van der Waals surface area contributed by atoms with E-state index >= 15 is 0 Å². The molecule has 0 aromatic rings. The van der Waals surface area contributed by atoms with Gasteiger partial charge in [0.05, 0.1) is 0 Å². The molecule has 1 amide bonds. The number of carbonyl (C=O) groups is 1. The van der Waals surface area contributed by atoms with Gasteiger partial charge in [0, 0.05) is 0 Å². The van der Waals surface area contributed by atoms with E-state index in [0.29, 0.717) is 0 Å². The normalized spacial score (nSPS) is 11.6. The molecule has 0 radical (unpaired) electrons. The Kier molecular flexibility index (Phi) is 23.4. The minimum absolute atomic E-state index is 0. The van der Waals surface area contributed by atoms with Crippen molar-refractivity contribution in [1.82, 2.24) is 5.32 Å². The summed E-state index contributed by atoms with van der Waals surface area (Å²) in [4.78, 5) is 11.1. The second-order valence-electron chi connectivity index (χ2n) is 6.79. The minimum atomic E-state index is -0.115. The summed E-state index contributed by atoms with van der Waals surface area (Å²) in [5, 5.41) is 2.81. The Morgan fingerprint density at radius 3 is 1.62 bits per heavy atom. The van der Waals surface area contributed by atoms with Gasteiger partial charge in [0.2, 0.25) is 5.91 Å². The van der Waals surface area contributed by atoms with Crippen LogP contribution in [0.25, 0.3) is 0 Å². The van der Waals surface area contributed by atoms with E-state index in [1.165, 1.54) is 89.5 Å². The molecule has 0 aliphatic carbocycles. The zero-order valence-corrected chi connectivity index (χ0v) is 18.6. The van der Waals surface area contributed by atoms with Crippen LogP contribution in [-0.2, 0) is 4.79 Å². The molecule has 1 atom stereocenters. The van der Waals surface area contributed by atoms with Crippen molar-refractivity contribution in [2.24, 2.45) is 0 Å². The van der Waals surface area contributed by atoms with Gasteiger partial charge in [0.25, 0.3) is 0 Å². The van der Waals surface area contributed by atoms with E-state index in [-0.39, 0.29) is 41.5 Å². The minimum Gasteiger partial charge on any atom is -0.380 e. The van der Waals surface area contributed by atoms with Crippen LogP contribution < -0.4 is 34.9 Å². The van der Waals surface area contributed by atoms with Gasteiger partial charge in [-0.2, -0.15) is 0 Å². The second-order valence-corrected chi connectivity index (χ2v) is 6.79. The Morgan fingerprint density at radius 2 is 1.25 bits per heavy atom. The first-order chi connectivity index (χ1) is 11.2. The van der Waals surface area contributed by atoms with Gasteiger partial charge in [-0.3, -0.25) is 4.79 Å². The Hall–Kier alpha value is 0.210. The molecule has 0 aromatic carbocycles. The molecule has 0 bridgehead atoms. The van der Waals surface area contributed by atoms with Gasteiger partial charge < -0.3 is 12.2 Å². The molecule has 0 rings (SSSR count). The third kappa shape index (κ3) is 20.3. The Morgan fingerprint density at radius 1 is 0.875 bits per heavy atom. The molecule has 0 saturated heterocycles. The Balaban J connectivity index is 0. The fourth-order valence-electron chi connectivity index (χ4n) is 2.92. The number of rotatable bonds is 17. The van der Waals surface area contributed by atoms with Crippen LogP contribution in [-0.4, -0.2) is 11.9 Å². The number of hydrogen-bond acceptors (Lipinski definition) is 1. The molecule has 2 nitrogen and oxygen atoms in total. The summed E-state index contributed by atoms with van der Waals surface area (Å²) in [5.74, 6) is -0.115. The van der Waals surface area contributed by atoms with Gasteiger partial charge in [0.15, 0.2) is 0 Å². The summed E-state index contributed by atoms with van der Waals surface area (Å²) in [6.07, 6.45) is 21.5. The zero-order valence-electron chi connectivity index (χ0n) is 16.6. The standard InChI is InChI=1S/C21H40NO.Na/c1-4-6-7-8-9-10-11-12-13-14-15-16-17-18-19-20(3)22-21(23)5-2;/h5,20H,2-4,6-19H2,1H3,(H,22,23);/q-1;+1. The topological polar surface area (TPSA) is 29.1 Å². The van der Waals surface area contributed by atoms with Gasteiger partial charge in [-0.25, -0.2) is 0 Å². The third-order valence-corrected chi connectivity index (χ3v) is 4.44. The maximum Gasteiger partial charge on any atom is 1.00 e. The molecule has 1 unspecified atom stereocenters. The van der Waals surface area contributed by atoms with Gasteiger partial charge in [-0.15, -0.1) is 0 Å². The van der Waals surface area contributed by atoms with E-state index in [2.05, 4.69) is 25.7 Å². The summed E-state index contributed by atoms with van der Waals surface area (Å²) in [6, 6.07) is 0.0258. The van der Waals surface area contributed by atoms with Gasteiger partial charge >= 0.3 is 29.6 Å². The number of hydrogen-bond donors (Lipinski definition) is 1. The van der Waals surface area contributed by atoms with Crippen LogP contribution in [0.5, 0.6) is 0 Å². The van der Waals surface area contributed by atoms with Crippen molar-refractivity contribution in [2.45, 2.75) is 109 Å². The maximum atomic E-state index is 11.1. The van der Waals surface area contributed by atoms with Crippen LogP contribution >= 0.6 is 0 Å². The number of carbonyl (C=O) groups excluding carboxylic acids is 1. The molecule has 24 heavy (non-hydrogen) atoms. The van der Waals surface area contributed by atoms with Crippen molar-refractivity contribution in [3.05, 3.63) is 19.6 Å². The molecule has 136 valence electrons. The van der Waals surface area contributed by atoms with E-state index in [9.17, 15) is 4.79 Å². The van der Waals surface area contributed by atoms with Crippen LogP contribution in [0, 0.1) is 6.92 Å². The smallest absolute Gasteiger partial charge is 0.380 e. The molecule has 1 N–H and O–H groups in total. The summed E-state index contributed by atoms with van der Waals surface area (Å²) in [5.41, 5.74) is 0. The number of nitrogens with one attached hydrogen (secondary N) is 1. The predicted octanol–water partition coefficient (Wildman–Crippen LogP) is 3.37. The SMILES string of the molecule is C=CC(=O)NC([CH2-])CCCCCCCCCCCCCCCC.[Na+]. The van der Waals surface area contributed by atoms with Crippen molar-refractivity contribution in [1.29, 1.82) is 0 Å². The fourth-order valence-corrected chi connectivity index (χ4v) is 2.92. The van der Waals surface area contributed by atoms with E-state index in [4.69, 9.17) is 0 Å². The molecule has 0 aromatic heterocycles. The van der Waals surface area contributed by atoms with Crippen LogP contribution in [0.15, 0.2) is 12.7 Å². The van der Waals surface area contributed by atoms with Crippen LogP contribution in [0.1, 0.15) is 103 Å². The first-order valence-electron chi connectivity index (χ1n) is 9.96. The van der Waals surface area contributed by atoms with E-state index in [1.54, 1.807) is 0 Å². The average molecular weight is 346 g/mol. The molecule has 0 heterocycles. The molecule has 0 aliphatic heterocycles. The second kappa shape index (κ2) is 21.3. The largest absolute Gasteiger partial charge is 1.00 e. The first kappa shape index (κ1) is 26.4. The predicted molar refractivity (Wildman–Crippen MR) is 102 cm³/mol. The molecule has 3 heteroatoms. The van der Waals surface area contributed by atoms with Crippen LogP contribution in [0.3, 0.4) is 0 Å². The Labute approximate surface area is 173 Å². The maximum absolute atomic E-state index is 11.1. The molecular formula is C21H40NNaO. The third-order valence-electron chi connectivity index (χ3n) is 4.44. The molecular weight excluding hydrogens is 305 g/mol. The van der Waals surface area contributed by atoms with Gasteiger partial charge in [0.1, 0.15) is 0 Å². The first-order valence-corrected chi connectivity index (χ1v) is 9.96. The van der Waals surface area contributed by atoms with E-state index < -0.39 is 0 Å². The molecule has 0 spiro atoms. The summed E-state index contributed by atoms with van der Waals surface area (Å²) in [6.45, 7) is 9.67. The summed E-state index contributed by atoms with van der Waals surface area (Å²) >= 11 is 0. The summed E-state index contributed by atoms with van der Waals surface area (Å²) < 4.78 is 0. The summed E-state index contributed by atoms with van der Waals surface area (Å²) in [7, 11) is 0. The zero-order chi connectivity index (χ0) is 17.2. The fraction of sp³-hybridized carbons (Fsp3) is 0.810. The van der Waals surface area contributed by atoms with Crippen molar-refractivity contribution < 1.29 is 34.4 Å². The molecule has 0 fully saturated rings. The quantitative estimate of drug-likeness (QED) is 0.186. The molecule has 0 aliphatic rings. The van der Waals surface area contributed by atoms with Crippen LogP contribution in [0.2, 0.25) is 0 Å². The van der Waals surface area contributed by atoms with Crippen molar-refractivity contribution in [3.63, 3.8) is 0 Å². The average Bonchev–Trinajstić information content (AvgIpc) is 2.55. The number of unbranched alkanes of at least 4 members (excludes halogenated alkanes) is 13. The Bertz CT molecular complexity index is 281. The van der Waals surface area contributed by atoms with Crippen molar-refractivity contribution >= 4 is 5.91 Å². The monoisotopic (exact) mass is 345 g/mol. The van der Waals surface area contributed by atoms with Crippen LogP contribution in [0.4, 0.5) is 0 Å². The molecule has 0 saturated carbocycles.